The molecule has 0 saturated heterocycles. The van der Waals surface area contributed by atoms with E-state index in [1.807, 2.05) is 6.07 Å². The Morgan fingerprint density at radius 3 is 2.24 bits per heavy atom. The first-order chi connectivity index (χ1) is 7.93. The topological polar surface area (TPSA) is 29.5 Å². The lowest BCUT2D eigenvalue weighted by Crippen LogP contribution is -2.17. The molecule has 96 valence electrons. The molecule has 1 aromatic carbocycles. The van der Waals surface area contributed by atoms with E-state index < -0.39 is 5.60 Å². The number of hydrogen-bond donors (Lipinski definition) is 1. The van der Waals surface area contributed by atoms with Crippen LogP contribution in [-0.4, -0.2) is 12.2 Å². The quantitative estimate of drug-likeness (QED) is 0.842. The van der Waals surface area contributed by atoms with Crippen LogP contribution in [-0.2, 0) is 5.60 Å². The van der Waals surface area contributed by atoms with E-state index in [1.54, 1.807) is 21.0 Å². The molecule has 0 unspecified atom stereocenters. The first-order valence-corrected chi connectivity index (χ1v) is 6.34. The van der Waals surface area contributed by atoms with Crippen molar-refractivity contribution in [3.63, 3.8) is 0 Å². The van der Waals surface area contributed by atoms with Gasteiger partial charge in [0.25, 0.3) is 0 Å². The van der Waals surface area contributed by atoms with E-state index in [9.17, 15) is 5.11 Å². The van der Waals surface area contributed by atoms with Crippen LogP contribution in [0.5, 0.6) is 5.75 Å². The van der Waals surface area contributed by atoms with Crippen molar-refractivity contribution in [1.82, 2.24) is 0 Å². The Morgan fingerprint density at radius 1 is 1.24 bits per heavy atom. The van der Waals surface area contributed by atoms with Gasteiger partial charge in [0.15, 0.2) is 0 Å². The molecule has 0 atom stereocenters. The van der Waals surface area contributed by atoms with E-state index in [-0.39, 0.29) is 0 Å². The van der Waals surface area contributed by atoms with Gasteiger partial charge in [-0.05, 0) is 50.3 Å². The summed E-state index contributed by atoms with van der Waals surface area (Å²) >= 11 is 0. The van der Waals surface area contributed by atoms with Crippen molar-refractivity contribution in [1.29, 1.82) is 0 Å². The maximum Gasteiger partial charge on any atom is 0.124 e. The van der Waals surface area contributed by atoms with Crippen molar-refractivity contribution in [2.24, 2.45) is 0 Å². The van der Waals surface area contributed by atoms with E-state index in [1.165, 1.54) is 5.56 Å². The molecule has 0 heterocycles. The molecule has 2 nitrogen and oxygen atoms in total. The van der Waals surface area contributed by atoms with Crippen LogP contribution in [0.15, 0.2) is 18.2 Å². The highest BCUT2D eigenvalue weighted by molar-refractivity contribution is 5.41. The SMILES string of the molecule is CCC(CC)c1ccc(OC)c(C(C)(C)O)c1. The average Bonchev–Trinajstić information content (AvgIpc) is 2.29. The molecule has 0 amide bonds. The van der Waals surface area contributed by atoms with E-state index in [2.05, 4.69) is 26.0 Å². The second-order valence-electron chi connectivity index (χ2n) is 5.03. The molecule has 1 N–H and O–H groups in total. The lowest BCUT2D eigenvalue weighted by Gasteiger charge is -2.23. The Balaban J connectivity index is 3.22. The van der Waals surface area contributed by atoms with Crippen LogP contribution in [0.1, 0.15) is 57.6 Å². The van der Waals surface area contributed by atoms with Crippen molar-refractivity contribution < 1.29 is 9.84 Å². The molecular weight excluding hydrogens is 212 g/mol. The van der Waals surface area contributed by atoms with E-state index in [0.717, 1.165) is 24.2 Å². The third-order valence-corrected chi connectivity index (χ3v) is 3.34. The first-order valence-electron chi connectivity index (χ1n) is 6.34. The molecule has 0 aromatic heterocycles. The van der Waals surface area contributed by atoms with Gasteiger partial charge in [0, 0.05) is 5.56 Å². The maximum atomic E-state index is 10.2. The summed E-state index contributed by atoms with van der Waals surface area (Å²) in [5, 5.41) is 10.2. The number of benzene rings is 1. The molecule has 1 aromatic rings. The molecular formula is C15H24O2. The van der Waals surface area contributed by atoms with Gasteiger partial charge >= 0.3 is 0 Å². The number of aliphatic hydroxyl groups is 1. The van der Waals surface area contributed by atoms with Gasteiger partial charge in [-0.2, -0.15) is 0 Å². The summed E-state index contributed by atoms with van der Waals surface area (Å²) in [4.78, 5) is 0. The third-order valence-electron chi connectivity index (χ3n) is 3.34. The minimum absolute atomic E-state index is 0.557. The van der Waals surface area contributed by atoms with Crippen LogP contribution in [0.3, 0.4) is 0 Å². The number of hydrogen-bond acceptors (Lipinski definition) is 2. The normalized spacial score (nSPS) is 11.9. The van der Waals surface area contributed by atoms with Gasteiger partial charge < -0.3 is 9.84 Å². The van der Waals surface area contributed by atoms with Gasteiger partial charge in [-0.25, -0.2) is 0 Å². The van der Waals surface area contributed by atoms with Crippen LogP contribution in [0, 0.1) is 0 Å². The lowest BCUT2D eigenvalue weighted by atomic mass is 9.88. The predicted octanol–water partition coefficient (Wildman–Crippen LogP) is 3.83. The lowest BCUT2D eigenvalue weighted by molar-refractivity contribution is 0.0755. The molecule has 1 rings (SSSR count). The summed E-state index contributed by atoms with van der Waals surface area (Å²) in [6, 6.07) is 6.14. The number of methoxy groups -OCH3 is 1. The fourth-order valence-electron chi connectivity index (χ4n) is 2.22. The Morgan fingerprint density at radius 2 is 1.82 bits per heavy atom. The van der Waals surface area contributed by atoms with Gasteiger partial charge in [0.2, 0.25) is 0 Å². The molecule has 2 heteroatoms. The smallest absolute Gasteiger partial charge is 0.124 e. The predicted molar refractivity (Wildman–Crippen MR) is 71.6 cm³/mol. The van der Waals surface area contributed by atoms with Gasteiger partial charge in [0.05, 0.1) is 12.7 Å². The minimum Gasteiger partial charge on any atom is -0.496 e. The zero-order valence-corrected chi connectivity index (χ0v) is 11.6. The summed E-state index contributed by atoms with van der Waals surface area (Å²) in [5.41, 5.74) is 1.28. The fourth-order valence-corrected chi connectivity index (χ4v) is 2.22. The zero-order valence-electron chi connectivity index (χ0n) is 11.6. The van der Waals surface area contributed by atoms with Gasteiger partial charge in [-0.15, -0.1) is 0 Å². The van der Waals surface area contributed by atoms with Crippen LogP contribution in [0.25, 0.3) is 0 Å². The monoisotopic (exact) mass is 236 g/mol. The number of rotatable bonds is 5. The van der Waals surface area contributed by atoms with Crippen molar-refractivity contribution in [2.45, 2.75) is 52.1 Å². The van der Waals surface area contributed by atoms with Crippen molar-refractivity contribution >= 4 is 0 Å². The largest absolute Gasteiger partial charge is 0.496 e. The second-order valence-corrected chi connectivity index (χ2v) is 5.03. The molecule has 0 radical (unpaired) electrons. The summed E-state index contributed by atoms with van der Waals surface area (Å²) in [7, 11) is 1.64. The Bertz CT molecular complexity index is 360. The highest BCUT2D eigenvalue weighted by Crippen LogP contribution is 2.34. The summed E-state index contributed by atoms with van der Waals surface area (Å²) in [5.74, 6) is 1.31. The van der Waals surface area contributed by atoms with Gasteiger partial charge in [0.1, 0.15) is 5.75 Å². The average molecular weight is 236 g/mol. The van der Waals surface area contributed by atoms with Crippen molar-refractivity contribution in [3.8, 4) is 5.75 Å². The van der Waals surface area contributed by atoms with Gasteiger partial charge in [-0.1, -0.05) is 19.9 Å². The summed E-state index contributed by atoms with van der Waals surface area (Å²) in [6.45, 7) is 7.98. The van der Waals surface area contributed by atoms with Crippen molar-refractivity contribution in [3.05, 3.63) is 29.3 Å². The first kappa shape index (κ1) is 14.0. The fraction of sp³-hybridized carbons (Fsp3) is 0.600. The standard InChI is InChI=1S/C15H24O2/c1-6-11(7-2)12-8-9-14(17-5)13(10-12)15(3,4)16/h8-11,16H,6-7H2,1-5H3. The van der Waals surface area contributed by atoms with E-state index in [0.29, 0.717) is 5.92 Å². The Kier molecular flexibility index (Phi) is 4.58. The molecule has 0 aliphatic heterocycles. The zero-order chi connectivity index (χ0) is 13.1. The Hall–Kier alpha value is -1.02. The van der Waals surface area contributed by atoms with E-state index in [4.69, 9.17) is 4.74 Å². The van der Waals surface area contributed by atoms with Crippen LogP contribution < -0.4 is 4.74 Å². The molecule has 0 aliphatic carbocycles. The molecule has 0 fully saturated rings. The molecule has 0 aliphatic rings. The van der Waals surface area contributed by atoms with Crippen LogP contribution in [0.4, 0.5) is 0 Å². The molecule has 17 heavy (non-hydrogen) atoms. The molecule has 0 saturated carbocycles. The molecule has 0 spiro atoms. The highest BCUT2D eigenvalue weighted by atomic mass is 16.5. The minimum atomic E-state index is -0.868. The second kappa shape index (κ2) is 5.54. The van der Waals surface area contributed by atoms with Gasteiger partial charge in [-0.3, -0.25) is 0 Å². The third kappa shape index (κ3) is 3.22. The van der Waals surface area contributed by atoms with E-state index >= 15 is 0 Å². The maximum absolute atomic E-state index is 10.2. The van der Waals surface area contributed by atoms with Crippen LogP contribution in [0.2, 0.25) is 0 Å². The van der Waals surface area contributed by atoms with Crippen LogP contribution >= 0.6 is 0 Å². The Labute approximate surface area is 105 Å². The summed E-state index contributed by atoms with van der Waals surface area (Å²) in [6.07, 6.45) is 2.24. The van der Waals surface area contributed by atoms with Crippen molar-refractivity contribution in [2.75, 3.05) is 7.11 Å². The summed E-state index contributed by atoms with van der Waals surface area (Å²) < 4.78 is 5.31. The molecule has 0 bridgehead atoms. The highest BCUT2D eigenvalue weighted by Gasteiger charge is 2.22. The number of ether oxygens (including phenoxy) is 1.